The molecule has 0 atom stereocenters. The van der Waals surface area contributed by atoms with Gasteiger partial charge in [-0.05, 0) is 46.3 Å². The Bertz CT molecular complexity index is 1230. The zero-order chi connectivity index (χ0) is 22.1. The predicted octanol–water partition coefficient (Wildman–Crippen LogP) is 4.05. The first-order valence-electron chi connectivity index (χ1n) is 8.25. The molecule has 3 rings (SSSR count). The van der Waals surface area contributed by atoms with E-state index in [0.29, 0.717) is 21.9 Å². The zero-order valence-corrected chi connectivity index (χ0v) is 18.0. The zero-order valence-electron chi connectivity index (χ0n) is 15.6. The normalized spacial score (nSPS) is 11.2. The Labute approximate surface area is 179 Å². The van der Waals surface area contributed by atoms with E-state index in [-0.39, 0.29) is 17.1 Å². The highest BCUT2D eigenvalue weighted by Gasteiger charge is 2.22. The molecule has 0 bridgehead atoms. The molecule has 2 amide bonds. The average Bonchev–Trinajstić information content (AvgIpc) is 3.05. The molecule has 0 aliphatic rings. The van der Waals surface area contributed by atoms with Crippen LogP contribution in [0.5, 0.6) is 5.75 Å². The third-order valence-corrected chi connectivity index (χ3v) is 5.38. The van der Waals surface area contributed by atoms with Crippen LogP contribution >= 0.6 is 15.9 Å². The molecule has 0 saturated carbocycles. The topological polar surface area (TPSA) is 102 Å². The molecule has 0 unspecified atom stereocenters. The van der Waals surface area contributed by atoms with E-state index in [1.807, 2.05) is 0 Å². The Morgan fingerprint density at radius 2 is 1.90 bits per heavy atom. The first-order valence-corrected chi connectivity index (χ1v) is 10.9. The lowest BCUT2D eigenvalue weighted by Gasteiger charge is -2.14. The molecule has 0 spiro atoms. The van der Waals surface area contributed by atoms with Gasteiger partial charge in [0.1, 0.15) is 23.1 Å². The minimum Gasteiger partial charge on any atom is -0.496 e. The molecule has 0 saturated heterocycles. The standard InChI is InChI=1S/C18H15BrF2N4O4S/c1-29-16-6-4-11(23-18(26)24-15-5-3-10(20)7-14(15)21)8-12(16)17-13(19)9-22-25(17)30(2,27)28/h3-9H,1-2H3,(H2,23,24,26). The summed E-state index contributed by atoms with van der Waals surface area (Å²) in [6.07, 6.45) is 2.31. The van der Waals surface area contributed by atoms with E-state index < -0.39 is 27.7 Å². The van der Waals surface area contributed by atoms with Crippen molar-refractivity contribution in [3.05, 3.63) is 58.7 Å². The maximum Gasteiger partial charge on any atom is 0.323 e. The molecule has 0 fully saturated rings. The first-order chi connectivity index (χ1) is 14.1. The molecular formula is C18H15BrF2N4O4S. The molecule has 8 nitrogen and oxygen atoms in total. The summed E-state index contributed by atoms with van der Waals surface area (Å²) in [4.78, 5) is 12.2. The lowest BCUT2D eigenvalue weighted by molar-refractivity contribution is 0.262. The van der Waals surface area contributed by atoms with Crippen LogP contribution in [-0.4, -0.2) is 37.0 Å². The second-order valence-electron chi connectivity index (χ2n) is 6.07. The number of rotatable bonds is 5. The summed E-state index contributed by atoms with van der Waals surface area (Å²) < 4.78 is 57.4. The number of nitrogens with zero attached hydrogens (tertiary/aromatic N) is 2. The largest absolute Gasteiger partial charge is 0.496 e. The lowest BCUT2D eigenvalue weighted by Crippen LogP contribution is -2.20. The Hall–Kier alpha value is -2.99. The molecular weight excluding hydrogens is 486 g/mol. The Morgan fingerprint density at radius 1 is 1.17 bits per heavy atom. The van der Waals surface area contributed by atoms with Crippen LogP contribution in [0.1, 0.15) is 0 Å². The van der Waals surface area contributed by atoms with Crippen LogP contribution < -0.4 is 15.4 Å². The van der Waals surface area contributed by atoms with Crippen LogP contribution in [0.2, 0.25) is 0 Å². The number of nitrogens with one attached hydrogen (secondary N) is 2. The third kappa shape index (κ3) is 4.60. The minimum absolute atomic E-state index is 0.197. The van der Waals surface area contributed by atoms with E-state index in [1.54, 1.807) is 0 Å². The monoisotopic (exact) mass is 500 g/mol. The molecule has 2 aromatic carbocycles. The summed E-state index contributed by atoms with van der Waals surface area (Å²) >= 11 is 3.27. The number of urea groups is 1. The number of aromatic nitrogens is 2. The number of ether oxygens (including phenoxy) is 1. The van der Waals surface area contributed by atoms with Crippen LogP contribution in [0.4, 0.5) is 25.0 Å². The van der Waals surface area contributed by atoms with Gasteiger partial charge in [-0.2, -0.15) is 9.19 Å². The van der Waals surface area contributed by atoms with Gasteiger partial charge in [-0.25, -0.2) is 22.0 Å². The summed E-state index contributed by atoms with van der Waals surface area (Å²) in [6, 6.07) is 6.47. The number of anilines is 2. The highest BCUT2D eigenvalue weighted by atomic mass is 79.9. The van der Waals surface area contributed by atoms with E-state index in [2.05, 4.69) is 31.7 Å². The molecule has 0 aliphatic heterocycles. The fraction of sp³-hybridized carbons (Fsp3) is 0.111. The number of carbonyl (C=O) groups is 1. The van der Waals surface area contributed by atoms with Crippen molar-refractivity contribution in [3.8, 4) is 17.0 Å². The number of halogens is 3. The highest BCUT2D eigenvalue weighted by molar-refractivity contribution is 9.10. The predicted molar refractivity (Wildman–Crippen MR) is 111 cm³/mol. The fourth-order valence-corrected chi connectivity index (χ4v) is 3.98. The Balaban J connectivity index is 1.94. The average molecular weight is 501 g/mol. The van der Waals surface area contributed by atoms with Gasteiger partial charge in [-0.3, -0.25) is 0 Å². The maximum absolute atomic E-state index is 13.7. The van der Waals surface area contributed by atoms with Crippen molar-refractivity contribution in [2.45, 2.75) is 0 Å². The van der Waals surface area contributed by atoms with Crippen molar-refractivity contribution in [1.82, 2.24) is 9.19 Å². The van der Waals surface area contributed by atoms with Crippen molar-refractivity contribution in [1.29, 1.82) is 0 Å². The SMILES string of the molecule is COc1ccc(NC(=O)Nc2ccc(F)cc2F)cc1-c1c(Br)cnn1S(C)(=O)=O. The van der Waals surface area contributed by atoms with Crippen molar-refractivity contribution in [3.63, 3.8) is 0 Å². The van der Waals surface area contributed by atoms with E-state index in [4.69, 9.17) is 4.74 Å². The molecule has 30 heavy (non-hydrogen) atoms. The first kappa shape index (κ1) is 21.7. The van der Waals surface area contributed by atoms with Gasteiger partial charge in [0.15, 0.2) is 0 Å². The van der Waals surface area contributed by atoms with Crippen LogP contribution in [0.25, 0.3) is 11.3 Å². The summed E-state index contributed by atoms with van der Waals surface area (Å²) in [6.45, 7) is 0. The molecule has 0 aliphatic carbocycles. The molecule has 3 aromatic rings. The van der Waals surface area contributed by atoms with Crippen molar-refractivity contribution >= 4 is 43.4 Å². The van der Waals surface area contributed by atoms with Gasteiger partial charge in [0, 0.05) is 17.3 Å². The van der Waals surface area contributed by atoms with Gasteiger partial charge in [0.2, 0.25) is 0 Å². The second-order valence-corrected chi connectivity index (χ2v) is 8.73. The quantitative estimate of drug-likeness (QED) is 0.550. The second kappa shape index (κ2) is 8.40. The van der Waals surface area contributed by atoms with Crippen LogP contribution in [0.3, 0.4) is 0 Å². The minimum atomic E-state index is -3.72. The Kier molecular flexibility index (Phi) is 6.08. The van der Waals surface area contributed by atoms with Crippen LogP contribution in [0, 0.1) is 11.6 Å². The fourth-order valence-electron chi connectivity index (χ4n) is 2.64. The Morgan fingerprint density at radius 3 is 2.53 bits per heavy atom. The van der Waals surface area contributed by atoms with Crippen LogP contribution in [-0.2, 0) is 10.0 Å². The van der Waals surface area contributed by atoms with E-state index >= 15 is 0 Å². The van der Waals surface area contributed by atoms with Gasteiger partial charge >= 0.3 is 6.03 Å². The molecule has 158 valence electrons. The summed E-state index contributed by atoms with van der Waals surface area (Å²) in [5, 5.41) is 8.63. The number of amides is 2. The smallest absolute Gasteiger partial charge is 0.323 e. The van der Waals surface area contributed by atoms with E-state index in [0.717, 1.165) is 22.5 Å². The van der Waals surface area contributed by atoms with Gasteiger partial charge in [-0.1, -0.05) is 0 Å². The van der Waals surface area contributed by atoms with Gasteiger partial charge < -0.3 is 15.4 Å². The van der Waals surface area contributed by atoms with Crippen LogP contribution in [0.15, 0.2) is 47.1 Å². The van der Waals surface area contributed by atoms with E-state index in [1.165, 1.54) is 31.5 Å². The number of hydrogen-bond acceptors (Lipinski definition) is 5. The van der Waals surface area contributed by atoms with Crippen molar-refractivity contribution < 1.29 is 26.7 Å². The number of carbonyl (C=O) groups excluding carboxylic acids is 1. The van der Waals surface area contributed by atoms with Gasteiger partial charge in [0.25, 0.3) is 10.0 Å². The summed E-state index contributed by atoms with van der Waals surface area (Å²) in [5.74, 6) is -1.37. The molecule has 0 radical (unpaired) electrons. The van der Waals surface area contributed by atoms with E-state index in [9.17, 15) is 22.0 Å². The number of methoxy groups -OCH3 is 1. The maximum atomic E-state index is 13.7. The summed E-state index contributed by atoms with van der Waals surface area (Å²) in [5.41, 5.74) is 0.584. The van der Waals surface area contributed by atoms with Gasteiger partial charge in [0.05, 0.1) is 29.7 Å². The molecule has 1 heterocycles. The summed E-state index contributed by atoms with van der Waals surface area (Å²) in [7, 11) is -2.31. The number of hydrogen-bond donors (Lipinski definition) is 2. The molecule has 2 N–H and O–H groups in total. The number of benzene rings is 2. The highest BCUT2D eigenvalue weighted by Crippen LogP contribution is 2.37. The molecule has 12 heteroatoms. The van der Waals surface area contributed by atoms with Gasteiger partial charge in [-0.15, -0.1) is 0 Å². The van der Waals surface area contributed by atoms with Crippen molar-refractivity contribution in [2.24, 2.45) is 0 Å². The van der Waals surface area contributed by atoms with Crippen molar-refractivity contribution in [2.75, 3.05) is 24.0 Å². The molecule has 1 aromatic heterocycles. The third-order valence-electron chi connectivity index (χ3n) is 3.90. The lowest BCUT2D eigenvalue weighted by atomic mass is 10.1.